The van der Waals surface area contributed by atoms with Crippen LogP contribution in [-0.2, 0) is 36.1 Å². The molecule has 2 rings (SSSR count). The van der Waals surface area contributed by atoms with Crippen LogP contribution in [0.25, 0.3) is 0 Å². The number of sulfonamides is 2. The van der Waals surface area contributed by atoms with Gasteiger partial charge >= 0.3 is 0 Å². The second-order valence-electron chi connectivity index (χ2n) is 8.96. The number of aromatic hydroxyl groups is 2. The standard InChI is InChI=1S/C23H31N5O8S2/c1-13(2)21(27-23(24)26-20(31)11-15-7-9-18(29)19(30)10-15)22(32)25-17-12-16(8-6-14(17)3)28(37(4,33)34)38(5,35)36/h6-10,12-13,21,29-30H,11H2,1-5H3,(H,25,32)(H3,24,26,27,31)/t21-/m1/s1. The summed E-state index contributed by atoms with van der Waals surface area (Å²) in [5.74, 6) is -2.65. The van der Waals surface area contributed by atoms with E-state index in [0.29, 0.717) is 11.1 Å². The van der Waals surface area contributed by atoms with Crippen molar-refractivity contribution in [3.05, 3.63) is 47.5 Å². The summed E-state index contributed by atoms with van der Waals surface area (Å²) in [5.41, 5.74) is 6.74. The molecule has 208 valence electrons. The van der Waals surface area contributed by atoms with Crippen LogP contribution in [0.3, 0.4) is 0 Å². The SMILES string of the molecule is Cc1ccc(N(S(C)(=O)=O)S(C)(=O)=O)cc1NC(=O)[C@H](N=C(N)NC(=O)Cc1ccc(O)c(O)c1)C(C)C. The molecule has 0 aromatic heterocycles. The van der Waals surface area contributed by atoms with Crippen molar-refractivity contribution in [2.45, 2.75) is 33.2 Å². The molecule has 1 atom stereocenters. The molecule has 13 nitrogen and oxygen atoms in total. The Morgan fingerprint density at radius 1 is 1.00 bits per heavy atom. The molecule has 2 amide bonds. The van der Waals surface area contributed by atoms with E-state index >= 15 is 0 Å². The number of guanidine groups is 1. The zero-order chi connectivity index (χ0) is 29.0. The monoisotopic (exact) mass is 569 g/mol. The molecule has 0 aliphatic carbocycles. The average Bonchev–Trinajstić information content (AvgIpc) is 2.74. The van der Waals surface area contributed by atoms with E-state index in [0.717, 1.165) is 12.5 Å². The summed E-state index contributed by atoms with van der Waals surface area (Å²) in [5, 5.41) is 23.9. The van der Waals surface area contributed by atoms with Gasteiger partial charge in [-0.25, -0.2) is 21.8 Å². The normalized spacial score (nSPS) is 13.2. The van der Waals surface area contributed by atoms with E-state index in [2.05, 4.69) is 15.6 Å². The number of phenolic OH excluding ortho intramolecular Hbond substituents is 2. The molecule has 0 heterocycles. The van der Waals surface area contributed by atoms with Gasteiger partial charge in [0.15, 0.2) is 17.5 Å². The molecule has 0 bridgehead atoms. The minimum Gasteiger partial charge on any atom is -0.504 e. The first-order valence-electron chi connectivity index (χ1n) is 11.2. The lowest BCUT2D eigenvalue weighted by Crippen LogP contribution is -2.41. The van der Waals surface area contributed by atoms with Gasteiger partial charge in [-0.1, -0.05) is 26.0 Å². The Balaban J connectivity index is 2.25. The van der Waals surface area contributed by atoms with Crippen LogP contribution >= 0.6 is 0 Å². The van der Waals surface area contributed by atoms with Crippen LogP contribution in [0.1, 0.15) is 25.0 Å². The lowest BCUT2D eigenvalue weighted by Gasteiger charge is -2.22. The van der Waals surface area contributed by atoms with Gasteiger partial charge in [0.1, 0.15) is 6.04 Å². The second-order valence-corrected chi connectivity index (χ2v) is 12.9. The topological polar surface area (TPSA) is 209 Å². The van der Waals surface area contributed by atoms with Gasteiger partial charge in [-0.15, -0.1) is 0 Å². The Morgan fingerprint density at radius 3 is 2.13 bits per heavy atom. The van der Waals surface area contributed by atoms with E-state index in [9.17, 15) is 36.6 Å². The number of aryl methyl sites for hydroxylation is 1. The number of hydrogen-bond donors (Lipinski definition) is 5. The molecule has 15 heteroatoms. The number of aliphatic imine (C=N–C) groups is 1. The number of nitrogens with two attached hydrogens (primary N) is 1. The molecule has 38 heavy (non-hydrogen) atoms. The van der Waals surface area contributed by atoms with Crippen molar-refractivity contribution in [1.29, 1.82) is 0 Å². The Hall–Kier alpha value is -3.85. The molecular formula is C23H31N5O8S2. The van der Waals surface area contributed by atoms with E-state index < -0.39 is 37.9 Å². The van der Waals surface area contributed by atoms with Gasteiger partial charge < -0.3 is 21.3 Å². The van der Waals surface area contributed by atoms with E-state index in [4.69, 9.17) is 5.73 Å². The maximum Gasteiger partial charge on any atom is 0.249 e. The molecule has 0 unspecified atom stereocenters. The predicted octanol–water partition coefficient (Wildman–Crippen LogP) is 0.769. The molecule has 0 radical (unpaired) electrons. The van der Waals surface area contributed by atoms with Crippen LogP contribution in [0, 0.1) is 12.8 Å². The Labute approximate surface area is 221 Å². The highest BCUT2D eigenvalue weighted by molar-refractivity contribution is 8.09. The molecular weight excluding hydrogens is 538 g/mol. The van der Waals surface area contributed by atoms with Gasteiger partial charge in [-0.2, -0.15) is 3.71 Å². The number of amides is 2. The van der Waals surface area contributed by atoms with Gasteiger partial charge in [0.05, 0.1) is 24.6 Å². The third-order valence-electron chi connectivity index (χ3n) is 5.14. The highest BCUT2D eigenvalue weighted by atomic mass is 32.3. The summed E-state index contributed by atoms with van der Waals surface area (Å²) in [6.07, 6.45) is 1.31. The van der Waals surface area contributed by atoms with Crippen molar-refractivity contribution in [3.63, 3.8) is 0 Å². The molecule has 0 aliphatic heterocycles. The van der Waals surface area contributed by atoms with Crippen LogP contribution in [0.4, 0.5) is 11.4 Å². The fraction of sp³-hybridized carbons (Fsp3) is 0.348. The first-order valence-corrected chi connectivity index (χ1v) is 14.9. The summed E-state index contributed by atoms with van der Waals surface area (Å²) in [6.45, 7) is 5.02. The minimum absolute atomic E-state index is 0.153. The number of phenols is 2. The van der Waals surface area contributed by atoms with E-state index in [1.165, 1.54) is 36.4 Å². The van der Waals surface area contributed by atoms with Crippen molar-refractivity contribution in [3.8, 4) is 11.5 Å². The van der Waals surface area contributed by atoms with Gasteiger partial charge in [0.25, 0.3) is 0 Å². The third-order valence-corrected chi connectivity index (χ3v) is 8.39. The number of hydrogen-bond acceptors (Lipinski definition) is 9. The molecule has 2 aromatic rings. The van der Waals surface area contributed by atoms with Crippen molar-refractivity contribution in [2.75, 3.05) is 21.5 Å². The molecule has 0 spiro atoms. The van der Waals surface area contributed by atoms with Crippen LogP contribution < -0.4 is 20.1 Å². The largest absolute Gasteiger partial charge is 0.504 e. The van der Waals surface area contributed by atoms with Gasteiger partial charge in [0, 0.05) is 5.69 Å². The number of nitrogens with one attached hydrogen (secondary N) is 2. The maximum absolute atomic E-state index is 13.1. The Morgan fingerprint density at radius 2 is 1.61 bits per heavy atom. The lowest BCUT2D eigenvalue weighted by molar-refractivity contribution is -0.119. The Kier molecular flexibility index (Phi) is 9.34. The van der Waals surface area contributed by atoms with Gasteiger partial charge in [0.2, 0.25) is 31.9 Å². The van der Waals surface area contributed by atoms with Crippen LogP contribution in [0.2, 0.25) is 0 Å². The quantitative estimate of drug-likeness (QED) is 0.164. The number of benzene rings is 2. The predicted molar refractivity (Wildman–Crippen MR) is 144 cm³/mol. The molecule has 6 N–H and O–H groups in total. The number of rotatable bonds is 9. The summed E-state index contributed by atoms with van der Waals surface area (Å²) in [7, 11) is -8.38. The summed E-state index contributed by atoms with van der Waals surface area (Å²) < 4.78 is 48.7. The second kappa shape index (κ2) is 11.7. The van der Waals surface area contributed by atoms with E-state index in [1.807, 2.05) is 0 Å². The first-order chi connectivity index (χ1) is 17.4. The molecule has 0 saturated carbocycles. The number of anilines is 2. The smallest absolute Gasteiger partial charge is 0.249 e. The zero-order valence-electron chi connectivity index (χ0n) is 21.5. The fourth-order valence-electron chi connectivity index (χ4n) is 3.44. The fourth-order valence-corrected chi connectivity index (χ4v) is 6.40. The average molecular weight is 570 g/mol. The Bertz CT molecular complexity index is 1440. The third kappa shape index (κ3) is 8.08. The number of nitrogens with zero attached hydrogens (tertiary/aromatic N) is 2. The highest BCUT2D eigenvalue weighted by Gasteiger charge is 2.28. The van der Waals surface area contributed by atoms with Gasteiger partial charge in [-0.3, -0.25) is 14.9 Å². The van der Waals surface area contributed by atoms with Crippen molar-refractivity contribution < 1.29 is 36.6 Å². The van der Waals surface area contributed by atoms with Crippen molar-refractivity contribution >= 4 is 49.2 Å². The summed E-state index contributed by atoms with van der Waals surface area (Å²) in [6, 6.07) is 6.79. The minimum atomic E-state index is -4.19. The molecule has 0 saturated heterocycles. The van der Waals surface area contributed by atoms with E-state index in [-0.39, 0.29) is 44.9 Å². The van der Waals surface area contributed by atoms with Gasteiger partial charge in [-0.05, 0) is 48.2 Å². The first kappa shape index (κ1) is 30.4. The summed E-state index contributed by atoms with van der Waals surface area (Å²) in [4.78, 5) is 29.5. The maximum atomic E-state index is 13.1. The van der Waals surface area contributed by atoms with E-state index in [1.54, 1.807) is 20.8 Å². The number of carbonyl (C=O) groups excluding carboxylic acids is 2. The number of carbonyl (C=O) groups is 2. The molecule has 0 aliphatic rings. The van der Waals surface area contributed by atoms with Crippen LogP contribution in [-0.4, -0.2) is 63.4 Å². The summed E-state index contributed by atoms with van der Waals surface area (Å²) >= 11 is 0. The van der Waals surface area contributed by atoms with Crippen molar-refractivity contribution in [2.24, 2.45) is 16.6 Å². The van der Waals surface area contributed by atoms with Crippen molar-refractivity contribution in [1.82, 2.24) is 5.32 Å². The van der Waals surface area contributed by atoms with Crippen LogP contribution in [0.5, 0.6) is 11.5 Å². The molecule has 2 aromatic carbocycles. The highest BCUT2D eigenvalue weighted by Crippen LogP contribution is 2.28. The lowest BCUT2D eigenvalue weighted by atomic mass is 10.0. The molecule has 0 fully saturated rings. The zero-order valence-corrected chi connectivity index (χ0v) is 23.1. The van der Waals surface area contributed by atoms with Crippen LogP contribution in [0.15, 0.2) is 41.4 Å².